The first-order chi connectivity index (χ1) is 13.2. The van der Waals surface area contributed by atoms with Crippen LogP contribution in [0.4, 0.5) is 5.82 Å². The number of nitrogens with one attached hydrogen (secondary N) is 1. The van der Waals surface area contributed by atoms with Crippen molar-refractivity contribution in [3.63, 3.8) is 0 Å². The average Bonchev–Trinajstić information content (AvgIpc) is 3.05. The average molecular weight is 362 g/mol. The maximum atomic E-state index is 13.0. The van der Waals surface area contributed by atoms with Crippen molar-refractivity contribution in [2.24, 2.45) is 5.92 Å². The van der Waals surface area contributed by atoms with Gasteiger partial charge in [-0.3, -0.25) is 14.5 Å². The lowest BCUT2D eigenvalue weighted by molar-refractivity contribution is 0.0718. The largest absolute Gasteiger partial charge is 0.370 e. The van der Waals surface area contributed by atoms with Crippen molar-refractivity contribution in [2.75, 3.05) is 18.4 Å². The SMILES string of the molecule is Cc1ccc(C(=O)N2Cc3ccnn3CC(CNc3ccccn3)C2)nc1. The van der Waals surface area contributed by atoms with Crippen molar-refractivity contribution in [3.05, 3.63) is 71.9 Å². The van der Waals surface area contributed by atoms with Gasteiger partial charge in [0.1, 0.15) is 11.5 Å². The van der Waals surface area contributed by atoms with Gasteiger partial charge in [0.25, 0.3) is 5.91 Å². The Kier molecular flexibility index (Phi) is 4.82. The predicted octanol–water partition coefficient (Wildman–Crippen LogP) is 2.37. The molecule has 4 heterocycles. The summed E-state index contributed by atoms with van der Waals surface area (Å²) >= 11 is 0. The molecule has 27 heavy (non-hydrogen) atoms. The van der Waals surface area contributed by atoms with Crippen LogP contribution in [0.25, 0.3) is 0 Å². The van der Waals surface area contributed by atoms with Gasteiger partial charge < -0.3 is 10.2 Å². The molecule has 4 rings (SSSR count). The van der Waals surface area contributed by atoms with Gasteiger partial charge in [-0.15, -0.1) is 0 Å². The number of hydrogen-bond donors (Lipinski definition) is 1. The van der Waals surface area contributed by atoms with Gasteiger partial charge in [0.15, 0.2) is 0 Å². The lowest BCUT2D eigenvalue weighted by Crippen LogP contribution is -2.36. The van der Waals surface area contributed by atoms with E-state index in [9.17, 15) is 4.79 Å². The summed E-state index contributed by atoms with van der Waals surface area (Å²) in [4.78, 5) is 23.5. The van der Waals surface area contributed by atoms with E-state index in [-0.39, 0.29) is 11.8 Å². The van der Waals surface area contributed by atoms with E-state index in [4.69, 9.17) is 0 Å². The molecule has 0 spiro atoms. The second kappa shape index (κ2) is 7.57. The molecule has 1 unspecified atom stereocenters. The second-order valence-corrected chi connectivity index (χ2v) is 6.87. The van der Waals surface area contributed by atoms with Gasteiger partial charge in [-0.05, 0) is 36.8 Å². The molecule has 138 valence electrons. The van der Waals surface area contributed by atoms with Gasteiger partial charge in [-0.1, -0.05) is 12.1 Å². The van der Waals surface area contributed by atoms with Crippen LogP contribution in [-0.2, 0) is 13.1 Å². The van der Waals surface area contributed by atoms with Gasteiger partial charge in [0.05, 0.1) is 12.2 Å². The number of carbonyl (C=O) groups excluding carboxylic acids is 1. The zero-order chi connectivity index (χ0) is 18.6. The van der Waals surface area contributed by atoms with E-state index in [1.165, 1.54) is 0 Å². The van der Waals surface area contributed by atoms with E-state index in [0.717, 1.165) is 23.6 Å². The van der Waals surface area contributed by atoms with Crippen LogP contribution in [0.2, 0.25) is 0 Å². The summed E-state index contributed by atoms with van der Waals surface area (Å²) in [6.45, 7) is 4.60. The third-order valence-corrected chi connectivity index (χ3v) is 4.72. The summed E-state index contributed by atoms with van der Waals surface area (Å²) in [6.07, 6.45) is 5.28. The Labute approximate surface area is 158 Å². The minimum absolute atomic E-state index is 0.0486. The summed E-state index contributed by atoms with van der Waals surface area (Å²) < 4.78 is 1.99. The van der Waals surface area contributed by atoms with E-state index in [0.29, 0.717) is 25.3 Å². The first-order valence-corrected chi connectivity index (χ1v) is 9.06. The number of aromatic nitrogens is 4. The van der Waals surface area contributed by atoms with E-state index < -0.39 is 0 Å². The number of anilines is 1. The number of pyridine rings is 2. The van der Waals surface area contributed by atoms with E-state index in [1.807, 2.05) is 46.8 Å². The summed E-state index contributed by atoms with van der Waals surface area (Å²) in [5.41, 5.74) is 2.55. The molecule has 0 aliphatic carbocycles. The van der Waals surface area contributed by atoms with Crippen molar-refractivity contribution in [1.82, 2.24) is 24.6 Å². The van der Waals surface area contributed by atoms with Crippen LogP contribution in [0.5, 0.6) is 0 Å². The highest BCUT2D eigenvalue weighted by Gasteiger charge is 2.26. The van der Waals surface area contributed by atoms with Gasteiger partial charge in [-0.25, -0.2) is 4.98 Å². The molecule has 7 nitrogen and oxygen atoms in total. The summed E-state index contributed by atoms with van der Waals surface area (Å²) in [6, 6.07) is 11.5. The minimum atomic E-state index is -0.0486. The van der Waals surface area contributed by atoms with E-state index >= 15 is 0 Å². The maximum Gasteiger partial charge on any atom is 0.272 e. The third-order valence-electron chi connectivity index (χ3n) is 4.72. The molecule has 0 bridgehead atoms. The lowest BCUT2D eigenvalue weighted by atomic mass is 10.1. The molecule has 1 aliphatic heterocycles. The van der Waals surface area contributed by atoms with Crippen molar-refractivity contribution in [2.45, 2.75) is 20.0 Å². The molecule has 0 saturated carbocycles. The Morgan fingerprint density at radius 2 is 2.07 bits per heavy atom. The first kappa shape index (κ1) is 17.2. The fourth-order valence-electron chi connectivity index (χ4n) is 3.29. The Balaban J connectivity index is 1.53. The molecule has 1 amide bonds. The predicted molar refractivity (Wildman–Crippen MR) is 102 cm³/mol. The molecule has 1 N–H and O–H groups in total. The topological polar surface area (TPSA) is 75.9 Å². The van der Waals surface area contributed by atoms with Crippen LogP contribution >= 0.6 is 0 Å². The lowest BCUT2D eigenvalue weighted by Gasteiger charge is -2.24. The monoisotopic (exact) mass is 362 g/mol. The first-order valence-electron chi connectivity index (χ1n) is 9.06. The Hall–Kier alpha value is -3.22. The smallest absolute Gasteiger partial charge is 0.272 e. The molecule has 0 radical (unpaired) electrons. The number of hydrogen-bond acceptors (Lipinski definition) is 5. The molecule has 3 aromatic rings. The third kappa shape index (κ3) is 3.97. The van der Waals surface area contributed by atoms with Gasteiger partial charge in [0.2, 0.25) is 0 Å². The van der Waals surface area contributed by atoms with Gasteiger partial charge in [-0.2, -0.15) is 5.10 Å². The molecule has 1 atom stereocenters. The van der Waals surface area contributed by atoms with E-state index in [2.05, 4.69) is 20.4 Å². The standard InChI is InChI=1S/C20H22N6O/c1-15-5-6-18(22-10-15)20(27)25-12-16(11-23-19-4-2-3-8-21-19)13-26-17(14-25)7-9-24-26/h2-10,16H,11-14H2,1H3,(H,21,23). The Morgan fingerprint density at radius 3 is 2.85 bits per heavy atom. The van der Waals surface area contributed by atoms with E-state index in [1.54, 1.807) is 24.7 Å². The molecule has 0 aromatic carbocycles. The number of carbonyl (C=O) groups is 1. The van der Waals surface area contributed by atoms with Crippen LogP contribution < -0.4 is 5.32 Å². The van der Waals surface area contributed by atoms with Crippen molar-refractivity contribution >= 4 is 11.7 Å². The molecular formula is C20H22N6O. The highest BCUT2D eigenvalue weighted by Crippen LogP contribution is 2.18. The maximum absolute atomic E-state index is 13.0. The number of aryl methyl sites for hydroxylation is 1. The molecule has 7 heteroatoms. The van der Waals surface area contributed by atoms with Crippen LogP contribution in [0.3, 0.4) is 0 Å². The van der Waals surface area contributed by atoms with Gasteiger partial charge >= 0.3 is 0 Å². The fourth-order valence-corrected chi connectivity index (χ4v) is 3.29. The van der Waals surface area contributed by atoms with Gasteiger partial charge in [0, 0.05) is 44.1 Å². The Bertz CT molecular complexity index is 906. The number of nitrogens with zero attached hydrogens (tertiary/aromatic N) is 5. The zero-order valence-corrected chi connectivity index (χ0v) is 15.2. The molecule has 0 fully saturated rings. The molecule has 0 saturated heterocycles. The zero-order valence-electron chi connectivity index (χ0n) is 15.2. The fraction of sp³-hybridized carbons (Fsp3) is 0.300. The summed E-state index contributed by atoms with van der Waals surface area (Å²) in [5, 5.41) is 7.79. The van der Waals surface area contributed by atoms with Crippen molar-refractivity contribution in [3.8, 4) is 0 Å². The van der Waals surface area contributed by atoms with Crippen molar-refractivity contribution in [1.29, 1.82) is 0 Å². The second-order valence-electron chi connectivity index (χ2n) is 6.87. The van der Waals surface area contributed by atoms with Crippen LogP contribution in [-0.4, -0.2) is 43.6 Å². The molecular weight excluding hydrogens is 340 g/mol. The number of rotatable bonds is 4. The highest BCUT2D eigenvalue weighted by atomic mass is 16.2. The normalized spacial score (nSPS) is 16.5. The van der Waals surface area contributed by atoms with Crippen LogP contribution in [0, 0.1) is 12.8 Å². The Morgan fingerprint density at radius 1 is 1.15 bits per heavy atom. The quantitative estimate of drug-likeness (QED) is 0.771. The minimum Gasteiger partial charge on any atom is -0.370 e. The van der Waals surface area contributed by atoms with Crippen molar-refractivity contribution < 1.29 is 4.79 Å². The summed E-state index contributed by atoms with van der Waals surface area (Å²) in [7, 11) is 0. The number of amides is 1. The summed E-state index contributed by atoms with van der Waals surface area (Å²) in [5.74, 6) is 0.996. The van der Waals surface area contributed by atoms with Crippen LogP contribution in [0.15, 0.2) is 55.0 Å². The number of fused-ring (bicyclic) bond motifs is 1. The van der Waals surface area contributed by atoms with Crippen LogP contribution in [0.1, 0.15) is 21.7 Å². The highest BCUT2D eigenvalue weighted by molar-refractivity contribution is 5.92. The molecule has 1 aliphatic rings. The molecule has 3 aromatic heterocycles.